The van der Waals surface area contributed by atoms with E-state index in [1.54, 1.807) is 6.92 Å². The van der Waals surface area contributed by atoms with Crippen LogP contribution in [0.3, 0.4) is 0 Å². The molecular formula is C15H30O2. The molecule has 0 aromatic carbocycles. The van der Waals surface area contributed by atoms with Gasteiger partial charge in [0.05, 0.1) is 0 Å². The van der Waals surface area contributed by atoms with Gasteiger partial charge in [0.2, 0.25) is 0 Å². The number of carbonyl (C=O) groups is 2. The summed E-state index contributed by atoms with van der Waals surface area (Å²) in [5, 5.41) is 0. The fourth-order valence-electron chi connectivity index (χ4n) is 1.70. The van der Waals surface area contributed by atoms with Crippen molar-refractivity contribution < 1.29 is 9.59 Å². The summed E-state index contributed by atoms with van der Waals surface area (Å²) in [6.45, 7) is 17.5. The van der Waals surface area contributed by atoms with Gasteiger partial charge >= 0.3 is 0 Å². The van der Waals surface area contributed by atoms with Gasteiger partial charge in [-0.05, 0) is 12.8 Å². The lowest BCUT2D eigenvalue weighted by atomic mass is 9.76. The third-order valence-electron chi connectivity index (χ3n) is 2.06. The minimum absolute atomic E-state index is 0.196. The SMILES string of the molecule is CC(=O)CC(C)C.CC(C)(C)C(=O)C(C)(C)C. The van der Waals surface area contributed by atoms with Gasteiger partial charge in [-0.15, -0.1) is 0 Å². The minimum atomic E-state index is -0.196. The van der Waals surface area contributed by atoms with Crippen LogP contribution in [-0.2, 0) is 9.59 Å². The van der Waals surface area contributed by atoms with Crippen molar-refractivity contribution >= 4 is 11.6 Å². The molecular weight excluding hydrogens is 212 g/mol. The molecule has 17 heavy (non-hydrogen) atoms. The Bertz CT molecular complexity index is 233. The second-order valence-corrected chi connectivity index (χ2v) is 7.13. The van der Waals surface area contributed by atoms with Gasteiger partial charge in [0.15, 0.2) is 0 Å². The van der Waals surface area contributed by atoms with Crippen LogP contribution in [0.5, 0.6) is 0 Å². The van der Waals surface area contributed by atoms with Crippen LogP contribution in [0, 0.1) is 16.7 Å². The Labute approximate surface area is 107 Å². The molecule has 0 bridgehead atoms. The lowest BCUT2D eigenvalue weighted by molar-refractivity contribution is -0.134. The fraction of sp³-hybridized carbons (Fsp3) is 0.867. The fourth-order valence-corrected chi connectivity index (χ4v) is 1.70. The van der Waals surface area contributed by atoms with Crippen LogP contribution in [0.2, 0.25) is 0 Å². The normalized spacial score (nSPS) is 11.9. The maximum Gasteiger partial charge on any atom is 0.143 e. The first kappa shape index (κ1) is 18.7. The van der Waals surface area contributed by atoms with Crippen molar-refractivity contribution in [3.63, 3.8) is 0 Å². The average Bonchev–Trinajstić information content (AvgIpc) is 1.97. The Balaban J connectivity index is 0. The van der Waals surface area contributed by atoms with Crippen LogP contribution in [0.4, 0.5) is 0 Å². The van der Waals surface area contributed by atoms with Gasteiger partial charge in [-0.2, -0.15) is 0 Å². The summed E-state index contributed by atoms with van der Waals surface area (Å²) in [5.41, 5.74) is -0.392. The van der Waals surface area contributed by atoms with E-state index in [4.69, 9.17) is 0 Å². The average molecular weight is 242 g/mol. The zero-order valence-corrected chi connectivity index (χ0v) is 13.1. The summed E-state index contributed by atoms with van der Waals surface area (Å²) in [7, 11) is 0. The molecule has 0 amide bonds. The monoisotopic (exact) mass is 242 g/mol. The summed E-state index contributed by atoms with van der Waals surface area (Å²) in [4.78, 5) is 21.7. The van der Waals surface area contributed by atoms with Crippen molar-refractivity contribution in [1.82, 2.24) is 0 Å². The zero-order valence-electron chi connectivity index (χ0n) is 13.1. The summed E-state index contributed by atoms with van der Waals surface area (Å²) in [6, 6.07) is 0. The molecule has 2 nitrogen and oxygen atoms in total. The third-order valence-corrected chi connectivity index (χ3v) is 2.06. The van der Waals surface area contributed by atoms with Gasteiger partial charge in [0.25, 0.3) is 0 Å². The standard InChI is InChI=1S/C9H18O.C6H12O/c1-8(2,3)7(10)9(4,5)6;1-5(2)4-6(3)7/h1-6H3;5H,4H2,1-3H3. The molecule has 0 radical (unpaired) electrons. The van der Waals surface area contributed by atoms with Crippen LogP contribution >= 0.6 is 0 Å². The molecule has 0 saturated carbocycles. The van der Waals surface area contributed by atoms with E-state index in [1.807, 2.05) is 55.4 Å². The highest BCUT2D eigenvalue weighted by atomic mass is 16.1. The molecule has 2 heteroatoms. The van der Waals surface area contributed by atoms with Crippen molar-refractivity contribution in [3.05, 3.63) is 0 Å². The molecule has 0 aromatic rings. The van der Waals surface area contributed by atoms with E-state index in [0.29, 0.717) is 11.7 Å². The van der Waals surface area contributed by atoms with Crippen LogP contribution in [0.25, 0.3) is 0 Å². The van der Waals surface area contributed by atoms with E-state index < -0.39 is 0 Å². The molecule has 0 aliphatic rings. The van der Waals surface area contributed by atoms with E-state index in [0.717, 1.165) is 6.42 Å². The Morgan fingerprint density at radius 2 is 1.18 bits per heavy atom. The van der Waals surface area contributed by atoms with E-state index in [9.17, 15) is 9.59 Å². The second-order valence-electron chi connectivity index (χ2n) is 7.13. The highest BCUT2D eigenvalue weighted by Gasteiger charge is 2.31. The number of Topliss-reactive ketones (excluding diaryl/α,β-unsaturated/α-hetero) is 2. The molecule has 0 rings (SSSR count). The molecule has 0 atom stereocenters. The second kappa shape index (κ2) is 6.93. The van der Waals surface area contributed by atoms with Crippen molar-refractivity contribution in [2.45, 2.75) is 68.7 Å². The lowest BCUT2D eigenvalue weighted by Gasteiger charge is -2.26. The molecule has 0 heterocycles. The highest BCUT2D eigenvalue weighted by molar-refractivity contribution is 5.88. The molecule has 0 saturated heterocycles. The van der Waals surface area contributed by atoms with E-state index in [2.05, 4.69) is 0 Å². The molecule has 0 aromatic heterocycles. The van der Waals surface area contributed by atoms with Crippen LogP contribution < -0.4 is 0 Å². The molecule has 0 aliphatic heterocycles. The Kier molecular flexibility index (Phi) is 7.62. The third kappa shape index (κ3) is 11.6. The Morgan fingerprint density at radius 1 is 0.882 bits per heavy atom. The van der Waals surface area contributed by atoms with E-state index >= 15 is 0 Å². The van der Waals surface area contributed by atoms with Crippen LogP contribution in [-0.4, -0.2) is 11.6 Å². The lowest BCUT2D eigenvalue weighted by Crippen LogP contribution is -2.32. The Hall–Kier alpha value is -0.660. The van der Waals surface area contributed by atoms with Gasteiger partial charge < -0.3 is 4.79 Å². The van der Waals surface area contributed by atoms with Gasteiger partial charge in [0.1, 0.15) is 11.6 Å². The van der Waals surface area contributed by atoms with Crippen LogP contribution in [0.15, 0.2) is 0 Å². The maximum absolute atomic E-state index is 11.5. The molecule has 0 fully saturated rings. The highest BCUT2D eigenvalue weighted by Crippen LogP contribution is 2.27. The largest absolute Gasteiger partial charge is 0.300 e. The molecule has 0 aliphatic carbocycles. The first-order valence-electron chi connectivity index (χ1n) is 6.32. The number of rotatable bonds is 2. The number of ketones is 2. The molecule has 102 valence electrons. The molecule has 0 spiro atoms. The summed E-state index contributed by atoms with van der Waals surface area (Å²) >= 11 is 0. The van der Waals surface area contributed by atoms with Gasteiger partial charge in [-0.1, -0.05) is 55.4 Å². The number of carbonyl (C=O) groups excluding carboxylic acids is 2. The Morgan fingerprint density at radius 3 is 1.18 bits per heavy atom. The predicted molar refractivity (Wildman–Crippen MR) is 74.1 cm³/mol. The minimum Gasteiger partial charge on any atom is -0.300 e. The summed E-state index contributed by atoms with van der Waals surface area (Å²) in [6.07, 6.45) is 0.722. The summed E-state index contributed by atoms with van der Waals surface area (Å²) in [5.74, 6) is 1.13. The first-order valence-corrected chi connectivity index (χ1v) is 6.32. The number of hydrogen-bond donors (Lipinski definition) is 0. The van der Waals surface area contributed by atoms with Gasteiger partial charge in [-0.25, -0.2) is 0 Å². The van der Waals surface area contributed by atoms with Crippen molar-refractivity contribution in [1.29, 1.82) is 0 Å². The smallest absolute Gasteiger partial charge is 0.143 e. The van der Waals surface area contributed by atoms with Gasteiger partial charge in [-0.3, -0.25) is 4.79 Å². The maximum atomic E-state index is 11.5. The first-order chi connectivity index (χ1) is 7.28. The van der Waals surface area contributed by atoms with Crippen molar-refractivity contribution in [3.8, 4) is 0 Å². The topological polar surface area (TPSA) is 34.1 Å². The molecule has 0 unspecified atom stereocenters. The summed E-state index contributed by atoms with van der Waals surface area (Å²) < 4.78 is 0. The molecule has 0 N–H and O–H groups in total. The number of hydrogen-bond acceptors (Lipinski definition) is 2. The predicted octanol–water partition coefficient (Wildman–Crippen LogP) is 4.27. The zero-order chi connectivity index (χ0) is 14.4. The van der Waals surface area contributed by atoms with Crippen LogP contribution in [0.1, 0.15) is 68.7 Å². The van der Waals surface area contributed by atoms with Crippen molar-refractivity contribution in [2.24, 2.45) is 16.7 Å². The quantitative estimate of drug-likeness (QED) is 0.724. The van der Waals surface area contributed by atoms with Gasteiger partial charge in [0, 0.05) is 17.3 Å². The van der Waals surface area contributed by atoms with E-state index in [-0.39, 0.29) is 16.6 Å². The van der Waals surface area contributed by atoms with Crippen molar-refractivity contribution in [2.75, 3.05) is 0 Å². The van der Waals surface area contributed by atoms with E-state index in [1.165, 1.54) is 0 Å².